The van der Waals surface area contributed by atoms with Crippen LogP contribution >= 0.6 is 0 Å². The number of rotatable bonds is 3. The van der Waals surface area contributed by atoms with Gasteiger partial charge in [-0.15, -0.1) is 0 Å². The molecular formula is C10H11N3O2. The molecule has 1 aromatic carbocycles. The molecule has 78 valence electrons. The number of benzene rings is 1. The van der Waals surface area contributed by atoms with Crippen molar-refractivity contribution in [1.29, 1.82) is 0 Å². The normalized spacial score (nSPS) is 10.5. The maximum absolute atomic E-state index is 11.5. The van der Waals surface area contributed by atoms with Gasteiger partial charge in [0.2, 0.25) is 0 Å². The van der Waals surface area contributed by atoms with Crippen molar-refractivity contribution in [3.63, 3.8) is 0 Å². The maximum atomic E-state index is 11.5. The van der Waals surface area contributed by atoms with Crippen molar-refractivity contribution in [1.82, 2.24) is 10.3 Å². The number of carbonyl (C=O) groups is 1. The Morgan fingerprint density at radius 3 is 3.20 bits per heavy atom. The molecule has 2 rings (SSSR count). The Balaban J connectivity index is 2.23. The predicted octanol–water partition coefficient (Wildman–Crippen LogP) is 0.516. The Morgan fingerprint density at radius 1 is 1.53 bits per heavy atom. The maximum Gasteiger partial charge on any atom is 0.251 e. The minimum absolute atomic E-state index is 0.154. The molecular weight excluding hydrogens is 194 g/mol. The molecule has 0 fully saturated rings. The lowest BCUT2D eigenvalue weighted by Crippen LogP contribution is -2.28. The summed E-state index contributed by atoms with van der Waals surface area (Å²) in [6.45, 7) is 0.892. The quantitative estimate of drug-likeness (QED) is 0.765. The summed E-state index contributed by atoms with van der Waals surface area (Å²) in [4.78, 5) is 15.5. The molecule has 2 aromatic rings. The second-order valence-corrected chi connectivity index (χ2v) is 3.08. The number of amides is 1. The minimum atomic E-state index is -0.154. The van der Waals surface area contributed by atoms with Crippen molar-refractivity contribution >= 4 is 17.0 Å². The predicted molar refractivity (Wildman–Crippen MR) is 55.4 cm³/mol. The molecule has 5 heteroatoms. The van der Waals surface area contributed by atoms with Gasteiger partial charge in [-0.2, -0.15) is 0 Å². The van der Waals surface area contributed by atoms with Gasteiger partial charge in [-0.25, -0.2) is 4.98 Å². The van der Waals surface area contributed by atoms with Gasteiger partial charge in [-0.1, -0.05) is 0 Å². The number of hydrogen-bond donors (Lipinski definition) is 2. The molecule has 15 heavy (non-hydrogen) atoms. The monoisotopic (exact) mass is 205 g/mol. The lowest BCUT2D eigenvalue weighted by Gasteiger charge is -2.02. The highest BCUT2D eigenvalue weighted by molar-refractivity contribution is 5.96. The molecule has 1 aromatic heterocycles. The first-order chi connectivity index (χ1) is 7.31. The number of hydrogen-bond acceptors (Lipinski definition) is 4. The van der Waals surface area contributed by atoms with Crippen molar-refractivity contribution in [3.8, 4) is 0 Å². The molecule has 0 spiro atoms. The third kappa shape index (κ3) is 1.97. The zero-order valence-electron chi connectivity index (χ0n) is 8.06. The van der Waals surface area contributed by atoms with Gasteiger partial charge in [0.25, 0.3) is 5.91 Å². The van der Waals surface area contributed by atoms with Crippen LogP contribution in [0.5, 0.6) is 0 Å². The molecule has 1 heterocycles. The molecule has 0 unspecified atom stereocenters. The van der Waals surface area contributed by atoms with Crippen molar-refractivity contribution in [2.75, 3.05) is 13.1 Å². The second kappa shape index (κ2) is 4.10. The van der Waals surface area contributed by atoms with Gasteiger partial charge in [-0.05, 0) is 18.2 Å². The topological polar surface area (TPSA) is 81.1 Å². The Morgan fingerprint density at radius 2 is 2.40 bits per heavy atom. The summed E-state index contributed by atoms with van der Waals surface area (Å²) < 4.78 is 5.10. The Bertz CT molecular complexity index is 478. The summed E-state index contributed by atoms with van der Waals surface area (Å²) >= 11 is 0. The average molecular weight is 205 g/mol. The molecule has 0 aliphatic rings. The number of nitrogens with two attached hydrogens (primary N) is 1. The van der Waals surface area contributed by atoms with Crippen molar-refractivity contribution in [2.45, 2.75) is 0 Å². The number of carbonyl (C=O) groups excluding carboxylic acids is 1. The smallest absolute Gasteiger partial charge is 0.251 e. The molecule has 1 amide bonds. The van der Waals surface area contributed by atoms with Crippen LogP contribution in [0, 0.1) is 0 Å². The van der Waals surface area contributed by atoms with Crippen LogP contribution in [0.1, 0.15) is 10.4 Å². The summed E-state index contributed by atoms with van der Waals surface area (Å²) in [6.07, 6.45) is 1.35. The second-order valence-electron chi connectivity index (χ2n) is 3.08. The van der Waals surface area contributed by atoms with E-state index < -0.39 is 0 Å². The third-order valence-corrected chi connectivity index (χ3v) is 2.02. The van der Waals surface area contributed by atoms with Gasteiger partial charge in [0.15, 0.2) is 12.0 Å². The van der Waals surface area contributed by atoms with Gasteiger partial charge in [-0.3, -0.25) is 4.79 Å². The van der Waals surface area contributed by atoms with Crippen LogP contribution in [0.2, 0.25) is 0 Å². The van der Waals surface area contributed by atoms with Crippen LogP contribution in [0.25, 0.3) is 11.1 Å². The Kier molecular flexibility index (Phi) is 2.64. The standard InChI is InChI=1S/C10H11N3O2/c11-3-4-12-10(14)7-1-2-8-9(5-7)15-6-13-8/h1-2,5-6H,3-4,11H2,(H,12,14). The lowest BCUT2D eigenvalue weighted by atomic mass is 10.2. The van der Waals surface area contributed by atoms with Gasteiger partial charge in [0, 0.05) is 18.7 Å². The number of oxazole rings is 1. The van der Waals surface area contributed by atoms with E-state index in [4.69, 9.17) is 10.2 Å². The molecule has 0 radical (unpaired) electrons. The van der Waals surface area contributed by atoms with Crippen LogP contribution in [-0.2, 0) is 0 Å². The molecule has 5 nitrogen and oxygen atoms in total. The number of nitrogens with one attached hydrogen (secondary N) is 1. The molecule has 0 atom stereocenters. The summed E-state index contributed by atoms with van der Waals surface area (Å²) in [6, 6.07) is 5.11. The van der Waals surface area contributed by atoms with E-state index in [9.17, 15) is 4.79 Å². The average Bonchev–Trinajstić information content (AvgIpc) is 2.72. The zero-order valence-corrected chi connectivity index (χ0v) is 8.06. The van der Waals surface area contributed by atoms with E-state index in [2.05, 4.69) is 10.3 Å². The lowest BCUT2D eigenvalue weighted by molar-refractivity contribution is 0.0955. The van der Waals surface area contributed by atoms with Crippen molar-refractivity contribution < 1.29 is 9.21 Å². The van der Waals surface area contributed by atoms with E-state index in [1.54, 1.807) is 18.2 Å². The van der Waals surface area contributed by atoms with E-state index in [-0.39, 0.29) is 5.91 Å². The van der Waals surface area contributed by atoms with Crippen LogP contribution in [0.15, 0.2) is 29.0 Å². The molecule has 0 aliphatic carbocycles. The molecule has 0 saturated heterocycles. The summed E-state index contributed by atoms with van der Waals surface area (Å²) in [5.74, 6) is -0.154. The number of nitrogens with zero attached hydrogens (tertiary/aromatic N) is 1. The zero-order chi connectivity index (χ0) is 10.7. The molecule has 0 saturated carbocycles. The first-order valence-corrected chi connectivity index (χ1v) is 4.63. The van der Waals surface area contributed by atoms with E-state index >= 15 is 0 Å². The summed E-state index contributed by atoms with van der Waals surface area (Å²) in [5, 5.41) is 2.68. The van der Waals surface area contributed by atoms with Gasteiger partial charge >= 0.3 is 0 Å². The van der Waals surface area contributed by atoms with Gasteiger partial charge in [0.05, 0.1) is 0 Å². The minimum Gasteiger partial charge on any atom is -0.443 e. The first-order valence-electron chi connectivity index (χ1n) is 4.63. The van der Waals surface area contributed by atoms with Crippen LogP contribution < -0.4 is 11.1 Å². The largest absolute Gasteiger partial charge is 0.443 e. The van der Waals surface area contributed by atoms with E-state index in [1.807, 2.05) is 0 Å². The third-order valence-electron chi connectivity index (χ3n) is 2.02. The number of fused-ring (bicyclic) bond motifs is 1. The van der Waals surface area contributed by atoms with Gasteiger partial charge < -0.3 is 15.5 Å². The van der Waals surface area contributed by atoms with Gasteiger partial charge in [0.1, 0.15) is 5.52 Å². The highest BCUT2D eigenvalue weighted by Crippen LogP contribution is 2.13. The Hall–Kier alpha value is -1.88. The van der Waals surface area contributed by atoms with E-state index in [0.717, 1.165) is 5.52 Å². The highest BCUT2D eigenvalue weighted by Gasteiger charge is 2.06. The highest BCUT2D eigenvalue weighted by atomic mass is 16.3. The summed E-state index contributed by atoms with van der Waals surface area (Å²) in [5.41, 5.74) is 7.18. The number of aromatic nitrogens is 1. The fourth-order valence-electron chi connectivity index (χ4n) is 1.28. The van der Waals surface area contributed by atoms with Crippen LogP contribution in [-0.4, -0.2) is 24.0 Å². The van der Waals surface area contributed by atoms with E-state index in [0.29, 0.717) is 24.2 Å². The van der Waals surface area contributed by atoms with Crippen molar-refractivity contribution in [3.05, 3.63) is 30.2 Å². The van der Waals surface area contributed by atoms with Crippen LogP contribution in [0.3, 0.4) is 0 Å². The fourth-order valence-corrected chi connectivity index (χ4v) is 1.28. The van der Waals surface area contributed by atoms with E-state index in [1.165, 1.54) is 6.39 Å². The Labute approximate surface area is 86.3 Å². The molecule has 0 bridgehead atoms. The fraction of sp³-hybridized carbons (Fsp3) is 0.200. The summed E-state index contributed by atoms with van der Waals surface area (Å²) in [7, 11) is 0. The molecule has 3 N–H and O–H groups in total. The molecule has 0 aliphatic heterocycles. The first kappa shape index (κ1) is 9.67. The van der Waals surface area contributed by atoms with Crippen molar-refractivity contribution in [2.24, 2.45) is 5.73 Å². The SMILES string of the molecule is NCCNC(=O)c1ccc2ncoc2c1. The van der Waals surface area contributed by atoms with Crippen LogP contribution in [0.4, 0.5) is 0 Å².